The number of carboxylic acid groups (broad SMARTS) is 1. The van der Waals surface area contributed by atoms with Gasteiger partial charge in [-0.15, -0.1) is 0 Å². The number of carbonyl (C=O) groups excluding carboxylic acids is 2. The number of esters is 1. The molecule has 5 nitrogen and oxygen atoms in total. The van der Waals surface area contributed by atoms with Gasteiger partial charge in [0.2, 0.25) is 0 Å². The van der Waals surface area contributed by atoms with Gasteiger partial charge in [0.1, 0.15) is 11.9 Å². The number of allylic oxidation sites excluding steroid dienone is 2. The van der Waals surface area contributed by atoms with Gasteiger partial charge in [0.15, 0.2) is 0 Å². The van der Waals surface area contributed by atoms with E-state index in [4.69, 9.17) is 4.74 Å². The summed E-state index contributed by atoms with van der Waals surface area (Å²) in [5, 5.41) is 9.23. The van der Waals surface area contributed by atoms with E-state index in [9.17, 15) is 19.5 Å². The molecular formula is C32H48O5. The maximum absolute atomic E-state index is 12.9. The topological polar surface area (TPSA) is 80.7 Å². The van der Waals surface area contributed by atoms with E-state index in [-0.39, 0.29) is 33.7 Å². The van der Waals surface area contributed by atoms with Gasteiger partial charge in [-0.1, -0.05) is 58.8 Å². The summed E-state index contributed by atoms with van der Waals surface area (Å²) in [6.45, 7) is 17.0. The first-order chi connectivity index (χ1) is 17.1. The number of ketones is 1. The van der Waals surface area contributed by atoms with Crippen molar-refractivity contribution >= 4 is 17.7 Å². The molecule has 4 aliphatic rings. The van der Waals surface area contributed by atoms with Gasteiger partial charge in [-0.25, -0.2) is 4.79 Å². The summed E-state index contributed by atoms with van der Waals surface area (Å²) in [4.78, 5) is 36.6. The Bertz CT molecular complexity index is 1050. The van der Waals surface area contributed by atoms with Crippen LogP contribution in [-0.4, -0.2) is 28.9 Å². The SMILES string of the molecule is CC(=O)O[C@H]1CC2=C(CC[C@H]3C(C)(C)C(=O)CC[C@]23C)[C@]2(C)CC[C@H]([C@H](C)CC/C=C(/C)C(=O)O)[C@@]12C. The number of ether oxygens (including phenoxy) is 1. The molecular weight excluding hydrogens is 464 g/mol. The Morgan fingerprint density at radius 2 is 1.73 bits per heavy atom. The fourth-order valence-electron chi connectivity index (χ4n) is 9.63. The first kappa shape index (κ1) is 28.1. The van der Waals surface area contributed by atoms with Crippen LogP contribution in [0.5, 0.6) is 0 Å². The fourth-order valence-corrected chi connectivity index (χ4v) is 9.63. The van der Waals surface area contributed by atoms with E-state index in [1.54, 1.807) is 12.5 Å². The van der Waals surface area contributed by atoms with E-state index in [1.165, 1.54) is 12.5 Å². The summed E-state index contributed by atoms with van der Waals surface area (Å²) >= 11 is 0. The lowest BCUT2D eigenvalue weighted by Gasteiger charge is -2.62. The Hall–Kier alpha value is -1.91. The van der Waals surface area contributed by atoms with Crippen LogP contribution in [0, 0.1) is 39.4 Å². The molecule has 37 heavy (non-hydrogen) atoms. The molecule has 0 heterocycles. The third-order valence-electron chi connectivity index (χ3n) is 12.0. The molecule has 206 valence electrons. The van der Waals surface area contributed by atoms with Crippen LogP contribution in [0.3, 0.4) is 0 Å². The molecule has 0 aromatic carbocycles. The third kappa shape index (κ3) is 4.14. The van der Waals surface area contributed by atoms with Crippen LogP contribution >= 0.6 is 0 Å². The summed E-state index contributed by atoms with van der Waals surface area (Å²) in [5.41, 5.74) is 2.91. The van der Waals surface area contributed by atoms with Crippen molar-refractivity contribution in [2.45, 2.75) is 119 Å². The van der Waals surface area contributed by atoms with Crippen LogP contribution in [0.1, 0.15) is 113 Å². The molecule has 0 aromatic rings. The van der Waals surface area contributed by atoms with E-state index >= 15 is 0 Å². The number of hydrogen-bond acceptors (Lipinski definition) is 4. The number of rotatable bonds is 6. The second-order valence-electron chi connectivity index (χ2n) is 13.9. The molecule has 0 radical (unpaired) electrons. The molecule has 4 rings (SSSR count). The first-order valence-electron chi connectivity index (χ1n) is 14.4. The van der Waals surface area contributed by atoms with Gasteiger partial charge in [-0.05, 0) is 80.5 Å². The van der Waals surface area contributed by atoms with Gasteiger partial charge in [0.05, 0.1) is 0 Å². The Labute approximate surface area is 223 Å². The smallest absolute Gasteiger partial charge is 0.330 e. The Morgan fingerprint density at radius 1 is 1.05 bits per heavy atom. The summed E-state index contributed by atoms with van der Waals surface area (Å²) in [6, 6.07) is 0. The number of Topliss-reactive ketones (excluding diaryl/α,β-unsaturated/α-hetero) is 1. The lowest BCUT2D eigenvalue weighted by Crippen LogP contribution is -2.58. The Morgan fingerprint density at radius 3 is 2.35 bits per heavy atom. The van der Waals surface area contributed by atoms with Gasteiger partial charge in [-0.2, -0.15) is 0 Å². The van der Waals surface area contributed by atoms with Crippen LogP contribution in [0.4, 0.5) is 0 Å². The molecule has 5 heteroatoms. The minimum atomic E-state index is -0.855. The molecule has 0 unspecified atom stereocenters. The van der Waals surface area contributed by atoms with Crippen molar-refractivity contribution in [2.75, 3.05) is 0 Å². The number of fused-ring (bicyclic) bond motifs is 4. The Kier molecular flexibility index (Phi) is 7.12. The summed E-state index contributed by atoms with van der Waals surface area (Å²) < 4.78 is 6.25. The summed E-state index contributed by atoms with van der Waals surface area (Å²) in [7, 11) is 0. The van der Waals surface area contributed by atoms with E-state index < -0.39 is 5.97 Å². The van der Waals surface area contributed by atoms with Crippen molar-refractivity contribution < 1.29 is 24.2 Å². The quantitative estimate of drug-likeness (QED) is 0.229. The second-order valence-corrected chi connectivity index (χ2v) is 13.9. The minimum absolute atomic E-state index is 0.0312. The monoisotopic (exact) mass is 512 g/mol. The molecule has 2 fully saturated rings. The van der Waals surface area contributed by atoms with E-state index in [1.807, 2.05) is 6.08 Å². The summed E-state index contributed by atoms with van der Waals surface area (Å²) in [5.74, 6) is 0.432. The van der Waals surface area contributed by atoms with Crippen LogP contribution in [0.2, 0.25) is 0 Å². The lowest BCUT2D eigenvalue weighted by molar-refractivity contribution is -0.166. The standard InChI is InChI=1S/C32H48O5/c1-19(10-9-11-20(2)28(35)36)22-14-17-31(7)23-12-13-25-29(4,5)26(34)15-16-30(25,6)24(23)18-27(32(22,31)8)37-21(3)33/h11,19,22,25,27H,9-10,12-18H2,1-8H3,(H,35,36)/b20-11-/t19-,22-,25+,27+,30-,31+,32+/m1/s1. The normalized spacial score (nSPS) is 39.9. The average Bonchev–Trinajstić information content (AvgIpc) is 3.09. The van der Waals surface area contributed by atoms with Crippen LogP contribution in [0.25, 0.3) is 0 Å². The first-order valence-corrected chi connectivity index (χ1v) is 14.4. The molecule has 0 bridgehead atoms. The van der Waals surface area contributed by atoms with Crippen LogP contribution < -0.4 is 0 Å². The second kappa shape index (κ2) is 9.38. The largest absolute Gasteiger partial charge is 0.478 e. The molecule has 4 aliphatic carbocycles. The highest BCUT2D eigenvalue weighted by atomic mass is 16.5. The maximum atomic E-state index is 12.9. The molecule has 0 aliphatic heterocycles. The molecule has 0 aromatic heterocycles. The van der Waals surface area contributed by atoms with E-state index in [2.05, 4.69) is 41.5 Å². The Balaban J connectivity index is 1.74. The van der Waals surface area contributed by atoms with Crippen molar-refractivity contribution in [2.24, 2.45) is 39.4 Å². The maximum Gasteiger partial charge on any atom is 0.330 e. The van der Waals surface area contributed by atoms with Gasteiger partial charge in [-0.3, -0.25) is 9.59 Å². The van der Waals surface area contributed by atoms with Crippen LogP contribution in [-0.2, 0) is 19.1 Å². The summed E-state index contributed by atoms with van der Waals surface area (Å²) in [6.07, 6.45) is 9.90. The molecule has 2 saturated carbocycles. The highest BCUT2D eigenvalue weighted by Gasteiger charge is 2.67. The zero-order chi connectivity index (χ0) is 27.6. The van der Waals surface area contributed by atoms with Crippen molar-refractivity contribution in [1.29, 1.82) is 0 Å². The van der Waals surface area contributed by atoms with E-state index in [0.29, 0.717) is 35.5 Å². The highest BCUT2D eigenvalue weighted by Crippen LogP contribution is 2.72. The molecule has 7 atom stereocenters. The van der Waals surface area contributed by atoms with Crippen LogP contribution in [0.15, 0.2) is 22.8 Å². The average molecular weight is 513 g/mol. The van der Waals surface area contributed by atoms with E-state index in [0.717, 1.165) is 51.4 Å². The molecule has 0 amide bonds. The van der Waals surface area contributed by atoms with Crippen molar-refractivity contribution in [1.82, 2.24) is 0 Å². The fraction of sp³-hybridized carbons (Fsp3) is 0.781. The van der Waals surface area contributed by atoms with Gasteiger partial charge >= 0.3 is 11.9 Å². The van der Waals surface area contributed by atoms with Gasteiger partial charge < -0.3 is 9.84 Å². The number of hydrogen-bond donors (Lipinski definition) is 1. The van der Waals surface area contributed by atoms with Crippen molar-refractivity contribution in [3.63, 3.8) is 0 Å². The van der Waals surface area contributed by atoms with Gasteiger partial charge in [0, 0.05) is 36.2 Å². The zero-order valence-corrected chi connectivity index (χ0v) is 24.3. The molecule has 1 N–H and O–H groups in total. The predicted molar refractivity (Wildman–Crippen MR) is 145 cm³/mol. The van der Waals surface area contributed by atoms with Crippen molar-refractivity contribution in [3.8, 4) is 0 Å². The van der Waals surface area contributed by atoms with Crippen molar-refractivity contribution in [3.05, 3.63) is 22.8 Å². The van der Waals surface area contributed by atoms with Gasteiger partial charge in [0.25, 0.3) is 0 Å². The highest BCUT2D eigenvalue weighted by molar-refractivity contribution is 5.86. The zero-order valence-electron chi connectivity index (χ0n) is 24.3. The molecule has 0 spiro atoms. The number of carbonyl (C=O) groups is 3. The number of aliphatic carboxylic acids is 1. The predicted octanol–water partition coefficient (Wildman–Crippen LogP) is 7.29. The number of carboxylic acids is 1. The molecule has 0 saturated heterocycles. The minimum Gasteiger partial charge on any atom is -0.478 e. The third-order valence-corrected chi connectivity index (χ3v) is 12.0. The lowest BCUT2D eigenvalue weighted by atomic mass is 9.43.